The van der Waals surface area contributed by atoms with Crippen molar-refractivity contribution >= 4 is 33.2 Å². The third-order valence-electron chi connectivity index (χ3n) is 5.34. The summed E-state index contributed by atoms with van der Waals surface area (Å²) >= 11 is 0. The number of carbonyl (C=O) groups is 2. The smallest absolute Gasteiger partial charge is 0.271 e. The number of nitro groups is 1. The predicted octanol–water partition coefficient (Wildman–Crippen LogP) is 2.59. The van der Waals surface area contributed by atoms with Gasteiger partial charge in [0, 0.05) is 25.2 Å². The summed E-state index contributed by atoms with van der Waals surface area (Å²) < 4.78 is 25.9. The summed E-state index contributed by atoms with van der Waals surface area (Å²) in [5, 5.41) is 14.0. The molecule has 0 aromatic heterocycles. The summed E-state index contributed by atoms with van der Waals surface area (Å²) in [5.41, 5.74) is 0.652. The van der Waals surface area contributed by atoms with E-state index in [1.165, 1.54) is 23.1 Å². The monoisotopic (exact) mass is 504 g/mol. The average Bonchev–Trinajstić information content (AvgIpc) is 2.80. The zero-order valence-electron chi connectivity index (χ0n) is 20.4. The Hall–Kier alpha value is -3.47. The Labute approximate surface area is 206 Å². The first-order valence-electron chi connectivity index (χ1n) is 11.2. The lowest BCUT2D eigenvalue weighted by Gasteiger charge is -2.31. The number of carbonyl (C=O) groups excluding carboxylic acids is 2. The molecular formula is C24H32N4O6S. The van der Waals surface area contributed by atoms with Crippen LogP contribution in [0.15, 0.2) is 54.6 Å². The Balaban J connectivity index is 2.33. The van der Waals surface area contributed by atoms with Crippen molar-refractivity contribution < 1.29 is 22.9 Å². The van der Waals surface area contributed by atoms with Gasteiger partial charge in [-0.05, 0) is 30.9 Å². The van der Waals surface area contributed by atoms with Crippen molar-refractivity contribution in [3.05, 3.63) is 70.3 Å². The Bertz CT molecular complexity index is 1140. The van der Waals surface area contributed by atoms with E-state index >= 15 is 0 Å². The molecule has 0 saturated carbocycles. The fraction of sp³-hybridized carbons (Fsp3) is 0.417. The number of nitrogens with one attached hydrogen (secondary N) is 1. The number of rotatable bonds is 12. The van der Waals surface area contributed by atoms with Crippen molar-refractivity contribution in [3.8, 4) is 0 Å². The van der Waals surface area contributed by atoms with Gasteiger partial charge in [-0.15, -0.1) is 0 Å². The maximum absolute atomic E-state index is 13.4. The minimum atomic E-state index is -3.96. The van der Waals surface area contributed by atoms with Crippen LogP contribution < -0.4 is 9.62 Å². The molecule has 0 saturated heterocycles. The minimum absolute atomic E-state index is 0.00466. The highest BCUT2D eigenvalue weighted by Crippen LogP contribution is 2.23. The lowest BCUT2D eigenvalue weighted by atomic mass is 10.1. The number of hydrogen-bond acceptors (Lipinski definition) is 6. The quantitative estimate of drug-likeness (QED) is 0.349. The van der Waals surface area contributed by atoms with Gasteiger partial charge in [0.2, 0.25) is 21.8 Å². The van der Waals surface area contributed by atoms with Crippen molar-refractivity contribution in [2.75, 3.05) is 30.2 Å². The number of nitrogens with zero attached hydrogens (tertiary/aromatic N) is 3. The molecule has 1 N–H and O–H groups in total. The molecule has 0 unspecified atom stereocenters. The molecule has 2 aromatic rings. The van der Waals surface area contributed by atoms with Crippen molar-refractivity contribution in [2.24, 2.45) is 5.92 Å². The van der Waals surface area contributed by atoms with Gasteiger partial charge in [0.05, 0.1) is 16.9 Å². The molecule has 190 valence electrons. The molecule has 0 aliphatic rings. The second-order valence-corrected chi connectivity index (χ2v) is 10.6. The van der Waals surface area contributed by atoms with E-state index in [2.05, 4.69) is 5.32 Å². The maximum atomic E-state index is 13.4. The zero-order valence-corrected chi connectivity index (χ0v) is 21.2. The van der Waals surface area contributed by atoms with Crippen LogP contribution in [0, 0.1) is 16.0 Å². The van der Waals surface area contributed by atoms with Crippen LogP contribution in [-0.2, 0) is 26.0 Å². The van der Waals surface area contributed by atoms with Crippen LogP contribution in [0.5, 0.6) is 0 Å². The maximum Gasteiger partial charge on any atom is 0.271 e. The SMILES string of the molecule is CC(C)CNC(=O)[C@H](C)N(CCc1ccccc1)C(=O)CN(c1cccc([N+](=O)[O-])c1)S(C)(=O)=O. The Morgan fingerprint density at radius 3 is 2.29 bits per heavy atom. The van der Waals surface area contributed by atoms with E-state index in [0.717, 1.165) is 22.2 Å². The molecule has 35 heavy (non-hydrogen) atoms. The summed E-state index contributed by atoms with van der Waals surface area (Å²) in [5.74, 6) is -0.722. The standard InChI is InChI=1S/C24H32N4O6S/c1-18(2)16-25-24(30)19(3)26(14-13-20-9-6-5-7-10-20)23(29)17-27(35(4,33)34)21-11-8-12-22(15-21)28(31)32/h5-12,15,18-19H,13-14,16-17H2,1-4H3,(H,25,30)/t19-/m0/s1. The third-order valence-corrected chi connectivity index (χ3v) is 6.48. The number of hydrogen-bond donors (Lipinski definition) is 1. The molecule has 2 rings (SSSR count). The Morgan fingerprint density at radius 2 is 1.71 bits per heavy atom. The summed E-state index contributed by atoms with van der Waals surface area (Å²) in [6.07, 6.45) is 1.39. The number of benzene rings is 2. The minimum Gasteiger partial charge on any atom is -0.354 e. The molecule has 2 amide bonds. The normalized spacial score (nSPS) is 12.1. The summed E-state index contributed by atoms with van der Waals surface area (Å²) in [7, 11) is -3.96. The number of non-ortho nitro benzene ring substituents is 1. The van der Waals surface area contributed by atoms with Crippen LogP contribution in [0.3, 0.4) is 0 Å². The Morgan fingerprint density at radius 1 is 1.06 bits per heavy atom. The first-order valence-corrected chi connectivity index (χ1v) is 13.1. The van der Waals surface area contributed by atoms with Gasteiger partial charge in [0.25, 0.3) is 5.69 Å². The van der Waals surface area contributed by atoms with Gasteiger partial charge in [-0.2, -0.15) is 0 Å². The van der Waals surface area contributed by atoms with Crippen LogP contribution in [0.1, 0.15) is 26.3 Å². The second kappa shape index (κ2) is 12.3. The molecule has 0 aliphatic carbocycles. The number of amides is 2. The van der Waals surface area contributed by atoms with E-state index in [4.69, 9.17) is 0 Å². The van der Waals surface area contributed by atoms with Gasteiger partial charge in [0.15, 0.2) is 0 Å². The summed E-state index contributed by atoms with van der Waals surface area (Å²) in [6.45, 7) is 5.52. The lowest BCUT2D eigenvalue weighted by molar-refractivity contribution is -0.384. The van der Waals surface area contributed by atoms with Crippen molar-refractivity contribution in [2.45, 2.75) is 33.2 Å². The topological polar surface area (TPSA) is 130 Å². The van der Waals surface area contributed by atoms with E-state index in [-0.39, 0.29) is 29.7 Å². The van der Waals surface area contributed by atoms with Gasteiger partial charge in [-0.1, -0.05) is 50.2 Å². The first kappa shape index (κ1) is 27.8. The fourth-order valence-electron chi connectivity index (χ4n) is 3.40. The van der Waals surface area contributed by atoms with Crippen LogP contribution in [0.2, 0.25) is 0 Å². The van der Waals surface area contributed by atoms with Crippen LogP contribution in [0.25, 0.3) is 0 Å². The van der Waals surface area contributed by atoms with E-state index in [9.17, 15) is 28.1 Å². The average molecular weight is 505 g/mol. The van der Waals surface area contributed by atoms with Crippen molar-refractivity contribution in [1.29, 1.82) is 0 Å². The molecule has 0 spiro atoms. The molecule has 0 bridgehead atoms. The molecule has 11 heteroatoms. The molecule has 0 radical (unpaired) electrons. The highest BCUT2D eigenvalue weighted by molar-refractivity contribution is 7.92. The predicted molar refractivity (Wildman–Crippen MR) is 134 cm³/mol. The molecule has 1 atom stereocenters. The number of anilines is 1. The van der Waals surface area contributed by atoms with Gasteiger partial charge < -0.3 is 10.2 Å². The molecule has 0 heterocycles. The third kappa shape index (κ3) is 8.36. The highest BCUT2D eigenvalue weighted by Gasteiger charge is 2.30. The Kier molecular flexibility index (Phi) is 9.76. The van der Waals surface area contributed by atoms with E-state index in [0.29, 0.717) is 13.0 Å². The largest absolute Gasteiger partial charge is 0.354 e. The molecule has 0 aliphatic heterocycles. The van der Waals surface area contributed by atoms with Crippen molar-refractivity contribution in [3.63, 3.8) is 0 Å². The van der Waals surface area contributed by atoms with E-state index in [1.807, 2.05) is 44.2 Å². The van der Waals surface area contributed by atoms with Crippen molar-refractivity contribution in [1.82, 2.24) is 10.2 Å². The number of nitro benzene ring substituents is 1. The number of sulfonamides is 1. The summed E-state index contributed by atoms with van der Waals surface area (Å²) in [4.78, 5) is 38.0. The highest BCUT2D eigenvalue weighted by atomic mass is 32.2. The van der Waals surface area contributed by atoms with Crippen LogP contribution in [-0.4, -0.2) is 62.0 Å². The lowest BCUT2D eigenvalue weighted by Crippen LogP contribution is -2.52. The summed E-state index contributed by atoms with van der Waals surface area (Å²) in [6, 6.07) is 13.6. The zero-order chi connectivity index (χ0) is 26.2. The van der Waals surface area contributed by atoms with Gasteiger partial charge in [-0.3, -0.25) is 24.0 Å². The first-order chi connectivity index (χ1) is 16.4. The van der Waals surface area contributed by atoms with Gasteiger partial charge in [-0.25, -0.2) is 8.42 Å². The van der Waals surface area contributed by atoms with Gasteiger partial charge in [0.1, 0.15) is 12.6 Å². The van der Waals surface area contributed by atoms with Crippen LogP contribution >= 0.6 is 0 Å². The fourth-order valence-corrected chi connectivity index (χ4v) is 4.24. The van der Waals surface area contributed by atoms with E-state index < -0.39 is 33.4 Å². The van der Waals surface area contributed by atoms with E-state index in [1.54, 1.807) is 6.92 Å². The molecule has 10 nitrogen and oxygen atoms in total. The molecule has 2 aromatic carbocycles. The second-order valence-electron chi connectivity index (χ2n) is 8.68. The van der Waals surface area contributed by atoms with Crippen LogP contribution in [0.4, 0.5) is 11.4 Å². The van der Waals surface area contributed by atoms with Gasteiger partial charge >= 0.3 is 0 Å². The molecule has 0 fully saturated rings. The molecular weight excluding hydrogens is 472 g/mol.